The Hall–Kier alpha value is -0.170. The smallest absolute Gasteiger partial charge is 0.282 e. The van der Waals surface area contributed by atoms with Gasteiger partial charge in [-0.25, -0.2) is 0 Å². The molecule has 2 rings (SSSR count). The lowest BCUT2D eigenvalue weighted by Crippen LogP contribution is -2.60. The molecule has 2 fully saturated rings. The van der Waals surface area contributed by atoms with Gasteiger partial charge in [0.15, 0.2) is 0 Å². The highest BCUT2D eigenvalue weighted by Crippen LogP contribution is 2.22. The summed E-state index contributed by atoms with van der Waals surface area (Å²) >= 11 is 0. The predicted molar refractivity (Wildman–Crippen MR) is 63.4 cm³/mol. The van der Waals surface area contributed by atoms with Crippen molar-refractivity contribution in [3.8, 4) is 0 Å². The zero-order valence-corrected chi connectivity index (χ0v) is 10.8. The van der Waals surface area contributed by atoms with Crippen molar-refractivity contribution < 1.29 is 8.42 Å². The molecule has 2 saturated heterocycles. The number of hydrogen-bond acceptors (Lipinski definition) is 3. The first-order valence-corrected chi connectivity index (χ1v) is 7.42. The van der Waals surface area contributed by atoms with Gasteiger partial charge < -0.3 is 5.32 Å². The average Bonchev–Trinajstić information content (AvgIpc) is 2.69. The summed E-state index contributed by atoms with van der Waals surface area (Å²) in [4.78, 5) is 0. The van der Waals surface area contributed by atoms with Gasteiger partial charge in [-0.15, -0.1) is 0 Å². The summed E-state index contributed by atoms with van der Waals surface area (Å²) in [5.41, 5.74) is 0. The van der Waals surface area contributed by atoms with Crippen LogP contribution in [-0.2, 0) is 10.2 Å². The fourth-order valence-electron chi connectivity index (χ4n) is 2.62. The Morgan fingerprint density at radius 1 is 1.06 bits per heavy atom. The number of rotatable bonds is 2. The van der Waals surface area contributed by atoms with Gasteiger partial charge >= 0.3 is 0 Å². The molecule has 2 aliphatic heterocycles. The molecule has 2 unspecified atom stereocenters. The van der Waals surface area contributed by atoms with Crippen molar-refractivity contribution in [2.24, 2.45) is 0 Å². The summed E-state index contributed by atoms with van der Waals surface area (Å²) in [5.74, 6) is 0. The summed E-state index contributed by atoms with van der Waals surface area (Å²) < 4.78 is 28.2. The number of nitrogens with zero attached hydrogens (tertiary/aromatic N) is 2. The maximum atomic E-state index is 12.4. The molecule has 1 N–H and O–H groups in total. The molecule has 0 amide bonds. The predicted octanol–water partition coefficient (Wildman–Crippen LogP) is 0.00920. The summed E-state index contributed by atoms with van der Waals surface area (Å²) in [5, 5.41) is 3.25. The van der Waals surface area contributed by atoms with E-state index in [1.54, 1.807) is 8.61 Å². The van der Waals surface area contributed by atoms with E-state index in [-0.39, 0.29) is 12.1 Å². The molecule has 0 aromatic rings. The van der Waals surface area contributed by atoms with E-state index >= 15 is 0 Å². The molecule has 0 aromatic carbocycles. The second-order valence-corrected chi connectivity index (χ2v) is 6.63. The fourth-order valence-corrected chi connectivity index (χ4v) is 4.67. The van der Waals surface area contributed by atoms with Crippen molar-refractivity contribution >= 4 is 10.2 Å². The fraction of sp³-hybridized carbons (Fsp3) is 1.00. The maximum absolute atomic E-state index is 12.4. The molecule has 94 valence electrons. The number of nitrogens with one attached hydrogen (secondary N) is 1. The monoisotopic (exact) mass is 247 g/mol. The molecule has 6 heteroatoms. The Bertz CT molecular complexity index is 328. The molecule has 2 atom stereocenters. The molecule has 5 nitrogen and oxygen atoms in total. The van der Waals surface area contributed by atoms with Crippen molar-refractivity contribution in [3.05, 3.63) is 0 Å². The normalized spacial score (nSPS) is 34.4. The average molecular weight is 247 g/mol. The first kappa shape index (κ1) is 12.3. The Morgan fingerprint density at radius 2 is 1.56 bits per heavy atom. The zero-order valence-electron chi connectivity index (χ0n) is 10.0. The molecule has 0 saturated carbocycles. The third-order valence-corrected chi connectivity index (χ3v) is 5.68. The van der Waals surface area contributed by atoms with Gasteiger partial charge in [-0.1, -0.05) is 0 Å². The quantitative estimate of drug-likeness (QED) is 0.748. The Kier molecular flexibility index (Phi) is 3.53. The van der Waals surface area contributed by atoms with Gasteiger partial charge in [-0.2, -0.15) is 17.0 Å². The second kappa shape index (κ2) is 4.60. The molecule has 16 heavy (non-hydrogen) atoms. The first-order chi connectivity index (χ1) is 7.53. The van der Waals surface area contributed by atoms with Crippen molar-refractivity contribution in [1.29, 1.82) is 0 Å². The molecule has 0 radical (unpaired) electrons. The standard InChI is InChI=1S/C10H21N3O2S/c1-9-7-11-8-10(2)13(9)16(14,15)12-5-3-4-6-12/h9-11H,3-8H2,1-2H3. The lowest BCUT2D eigenvalue weighted by molar-refractivity contribution is 0.206. The van der Waals surface area contributed by atoms with Crippen LogP contribution in [0.3, 0.4) is 0 Å². The van der Waals surface area contributed by atoms with Gasteiger partial charge in [0.1, 0.15) is 0 Å². The van der Waals surface area contributed by atoms with Gasteiger partial charge in [-0.3, -0.25) is 0 Å². The van der Waals surface area contributed by atoms with E-state index in [0.717, 1.165) is 25.9 Å². The molecule has 2 heterocycles. The van der Waals surface area contributed by atoms with Crippen LogP contribution in [0.15, 0.2) is 0 Å². The SMILES string of the molecule is CC1CNCC(C)N1S(=O)(=O)N1CCCC1. The van der Waals surface area contributed by atoms with Crippen molar-refractivity contribution in [1.82, 2.24) is 13.9 Å². The summed E-state index contributed by atoms with van der Waals surface area (Å²) in [6, 6.07) is 0.101. The lowest BCUT2D eigenvalue weighted by Gasteiger charge is -2.40. The zero-order chi connectivity index (χ0) is 11.8. The van der Waals surface area contributed by atoms with E-state index in [1.807, 2.05) is 13.8 Å². The molecule has 0 bridgehead atoms. The Morgan fingerprint density at radius 3 is 2.06 bits per heavy atom. The van der Waals surface area contributed by atoms with Crippen LogP contribution in [0.4, 0.5) is 0 Å². The Labute approximate surface area is 98.0 Å². The van der Waals surface area contributed by atoms with Crippen LogP contribution in [-0.4, -0.2) is 55.3 Å². The Balaban J connectivity index is 2.20. The highest BCUT2D eigenvalue weighted by Gasteiger charge is 2.39. The van der Waals surface area contributed by atoms with Crippen LogP contribution < -0.4 is 5.32 Å². The van der Waals surface area contributed by atoms with Gasteiger partial charge in [0, 0.05) is 38.3 Å². The summed E-state index contributed by atoms with van der Waals surface area (Å²) in [6.45, 7) is 6.80. The van der Waals surface area contributed by atoms with E-state index < -0.39 is 10.2 Å². The van der Waals surface area contributed by atoms with E-state index in [0.29, 0.717) is 13.1 Å². The minimum Gasteiger partial charge on any atom is -0.314 e. The van der Waals surface area contributed by atoms with E-state index in [2.05, 4.69) is 5.32 Å². The van der Waals surface area contributed by atoms with Gasteiger partial charge in [-0.05, 0) is 26.7 Å². The van der Waals surface area contributed by atoms with E-state index in [1.165, 1.54) is 0 Å². The third kappa shape index (κ3) is 2.11. The molecule has 0 aliphatic carbocycles. The molecular weight excluding hydrogens is 226 g/mol. The van der Waals surface area contributed by atoms with Crippen LogP contribution in [0.25, 0.3) is 0 Å². The van der Waals surface area contributed by atoms with Gasteiger partial charge in [0.2, 0.25) is 0 Å². The summed E-state index contributed by atoms with van der Waals surface area (Å²) in [7, 11) is -3.23. The summed E-state index contributed by atoms with van der Waals surface area (Å²) in [6.07, 6.45) is 1.99. The number of hydrogen-bond donors (Lipinski definition) is 1. The van der Waals surface area contributed by atoms with Gasteiger partial charge in [0.25, 0.3) is 10.2 Å². The van der Waals surface area contributed by atoms with Crippen LogP contribution >= 0.6 is 0 Å². The van der Waals surface area contributed by atoms with Crippen molar-refractivity contribution in [2.45, 2.75) is 38.8 Å². The van der Waals surface area contributed by atoms with Crippen LogP contribution in [0.1, 0.15) is 26.7 Å². The largest absolute Gasteiger partial charge is 0.314 e. The second-order valence-electron chi connectivity index (χ2n) is 4.80. The van der Waals surface area contributed by atoms with E-state index in [9.17, 15) is 8.42 Å². The van der Waals surface area contributed by atoms with E-state index in [4.69, 9.17) is 0 Å². The van der Waals surface area contributed by atoms with Crippen LogP contribution in [0.2, 0.25) is 0 Å². The minimum atomic E-state index is -3.23. The first-order valence-electron chi connectivity index (χ1n) is 6.03. The van der Waals surface area contributed by atoms with Crippen LogP contribution in [0, 0.1) is 0 Å². The van der Waals surface area contributed by atoms with Crippen molar-refractivity contribution in [2.75, 3.05) is 26.2 Å². The van der Waals surface area contributed by atoms with Crippen molar-refractivity contribution in [3.63, 3.8) is 0 Å². The maximum Gasteiger partial charge on any atom is 0.282 e. The lowest BCUT2D eigenvalue weighted by atomic mass is 10.2. The number of piperazine rings is 1. The van der Waals surface area contributed by atoms with Gasteiger partial charge in [0.05, 0.1) is 0 Å². The third-order valence-electron chi connectivity index (χ3n) is 3.41. The highest BCUT2D eigenvalue weighted by molar-refractivity contribution is 7.86. The van der Waals surface area contributed by atoms with Crippen LogP contribution in [0.5, 0.6) is 0 Å². The molecule has 2 aliphatic rings. The molecule has 0 aromatic heterocycles. The highest BCUT2D eigenvalue weighted by atomic mass is 32.2. The topological polar surface area (TPSA) is 52.7 Å². The molecule has 0 spiro atoms. The molecular formula is C10H21N3O2S. The minimum absolute atomic E-state index is 0.0503.